The Bertz CT molecular complexity index is 1110. The van der Waals surface area contributed by atoms with Gasteiger partial charge >= 0.3 is 6.18 Å². The number of halogens is 3. The van der Waals surface area contributed by atoms with Crippen LogP contribution in [0.4, 0.5) is 13.2 Å². The number of fused-ring (bicyclic) bond motifs is 1. The fourth-order valence-electron chi connectivity index (χ4n) is 3.81. The topological polar surface area (TPSA) is 34.1 Å². The summed E-state index contributed by atoms with van der Waals surface area (Å²) in [6.07, 6.45) is -3.42. The van der Waals surface area contributed by atoms with E-state index in [4.69, 9.17) is 0 Å². The van der Waals surface area contributed by atoms with Crippen LogP contribution in [0.25, 0.3) is 11.1 Å². The number of rotatable bonds is 4. The maximum Gasteiger partial charge on any atom is 0.416 e. The van der Waals surface area contributed by atoms with E-state index in [0.29, 0.717) is 35.1 Å². The first kappa shape index (κ1) is 19.6. The van der Waals surface area contributed by atoms with E-state index in [1.165, 1.54) is 24.3 Å². The van der Waals surface area contributed by atoms with E-state index in [9.17, 15) is 22.8 Å². The molecule has 4 rings (SSSR count). The number of ketones is 2. The minimum atomic E-state index is -4.42. The second kappa shape index (κ2) is 7.26. The van der Waals surface area contributed by atoms with E-state index < -0.39 is 11.7 Å². The molecule has 0 N–H and O–H groups in total. The first-order valence-corrected chi connectivity index (χ1v) is 10.0. The van der Waals surface area contributed by atoms with Gasteiger partial charge in [0.2, 0.25) is 0 Å². The third-order valence-electron chi connectivity index (χ3n) is 5.27. The van der Waals surface area contributed by atoms with Crippen LogP contribution in [0.2, 0.25) is 0 Å². The van der Waals surface area contributed by atoms with E-state index in [1.54, 1.807) is 29.6 Å². The molecule has 2 aromatic carbocycles. The molecule has 0 aliphatic heterocycles. The molecule has 1 aliphatic carbocycles. The fraction of sp³-hybridized carbons (Fsp3) is 0.217. The van der Waals surface area contributed by atoms with Gasteiger partial charge in [-0.15, -0.1) is 11.3 Å². The molecule has 1 aromatic heterocycles. The van der Waals surface area contributed by atoms with Crippen LogP contribution in [0, 0.1) is 5.92 Å². The molecule has 29 heavy (non-hydrogen) atoms. The van der Waals surface area contributed by atoms with Gasteiger partial charge in [-0.3, -0.25) is 9.59 Å². The summed E-state index contributed by atoms with van der Waals surface area (Å²) < 4.78 is 39.3. The SMILES string of the molecule is CC(=O)c1csc(CC2Cc3c(cccc3-c3cccc(C(F)(F)F)c3)C2=O)c1. The van der Waals surface area contributed by atoms with Gasteiger partial charge in [-0.1, -0.05) is 30.3 Å². The van der Waals surface area contributed by atoms with Crippen LogP contribution in [0.15, 0.2) is 53.9 Å². The molecule has 0 saturated carbocycles. The van der Waals surface area contributed by atoms with Crippen molar-refractivity contribution in [2.24, 2.45) is 5.92 Å². The van der Waals surface area contributed by atoms with Crippen LogP contribution in [0.3, 0.4) is 0 Å². The van der Waals surface area contributed by atoms with Crippen molar-refractivity contribution >= 4 is 22.9 Å². The van der Waals surface area contributed by atoms with Gasteiger partial charge < -0.3 is 0 Å². The zero-order valence-electron chi connectivity index (χ0n) is 15.5. The van der Waals surface area contributed by atoms with Crippen LogP contribution in [-0.4, -0.2) is 11.6 Å². The lowest BCUT2D eigenvalue weighted by Crippen LogP contribution is -2.11. The van der Waals surface area contributed by atoms with E-state index in [-0.39, 0.29) is 17.5 Å². The van der Waals surface area contributed by atoms with E-state index in [0.717, 1.165) is 22.6 Å². The van der Waals surface area contributed by atoms with Crippen LogP contribution in [-0.2, 0) is 19.0 Å². The third kappa shape index (κ3) is 3.77. The van der Waals surface area contributed by atoms with Crippen molar-refractivity contribution in [2.75, 3.05) is 0 Å². The van der Waals surface area contributed by atoms with Crippen LogP contribution in [0.5, 0.6) is 0 Å². The van der Waals surface area contributed by atoms with E-state index in [1.807, 2.05) is 6.07 Å². The molecule has 0 spiro atoms. The minimum absolute atomic E-state index is 0.00611. The molecule has 1 atom stereocenters. The van der Waals surface area contributed by atoms with Gasteiger partial charge in [-0.25, -0.2) is 0 Å². The van der Waals surface area contributed by atoms with E-state index >= 15 is 0 Å². The third-order valence-corrected chi connectivity index (χ3v) is 6.23. The lowest BCUT2D eigenvalue weighted by Gasteiger charge is -2.12. The lowest BCUT2D eigenvalue weighted by atomic mass is 9.95. The van der Waals surface area contributed by atoms with Crippen LogP contribution in [0.1, 0.15) is 43.6 Å². The van der Waals surface area contributed by atoms with Gasteiger partial charge in [-0.05, 0) is 54.7 Å². The van der Waals surface area contributed by atoms with Crippen molar-refractivity contribution < 1.29 is 22.8 Å². The van der Waals surface area contributed by atoms with Gasteiger partial charge in [-0.2, -0.15) is 13.2 Å². The molecule has 3 aromatic rings. The number of benzene rings is 2. The molecular weight excluding hydrogens is 397 g/mol. The summed E-state index contributed by atoms with van der Waals surface area (Å²) in [4.78, 5) is 25.4. The van der Waals surface area contributed by atoms with Gasteiger partial charge in [0.1, 0.15) is 0 Å². The molecule has 2 nitrogen and oxygen atoms in total. The van der Waals surface area contributed by atoms with Gasteiger partial charge in [0.25, 0.3) is 0 Å². The highest BCUT2D eigenvalue weighted by Crippen LogP contribution is 2.38. The number of carbonyl (C=O) groups is 2. The number of carbonyl (C=O) groups excluding carboxylic acids is 2. The number of Topliss-reactive ketones (excluding diaryl/α,β-unsaturated/α-hetero) is 2. The number of hydrogen-bond acceptors (Lipinski definition) is 3. The molecule has 0 amide bonds. The Morgan fingerprint density at radius 2 is 1.83 bits per heavy atom. The summed E-state index contributed by atoms with van der Waals surface area (Å²) in [5.74, 6) is -0.276. The summed E-state index contributed by atoms with van der Waals surface area (Å²) in [6, 6.07) is 12.2. The quantitative estimate of drug-likeness (QED) is 0.474. The summed E-state index contributed by atoms with van der Waals surface area (Å²) in [5.41, 5.74) is 2.43. The number of thiophene rings is 1. The monoisotopic (exact) mass is 414 g/mol. The van der Waals surface area contributed by atoms with Gasteiger partial charge in [0.15, 0.2) is 11.6 Å². The van der Waals surface area contributed by atoms with Crippen molar-refractivity contribution in [3.8, 4) is 11.1 Å². The first-order valence-electron chi connectivity index (χ1n) is 9.16. The highest BCUT2D eigenvalue weighted by molar-refractivity contribution is 7.10. The molecule has 1 heterocycles. The Hall–Kier alpha value is -2.73. The second-order valence-corrected chi connectivity index (χ2v) is 8.23. The van der Waals surface area contributed by atoms with Crippen molar-refractivity contribution in [3.05, 3.63) is 81.0 Å². The Kier molecular flexibility index (Phi) is 4.90. The smallest absolute Gasteiger partial charge is 0.294 e. The first-order chi connectivity index (χ1) is 13.7. The summed E-state index contributed by atoms with van der Waals surface area (Å²) in [5, 5.41) is 1.79. The summed E-state index contributed by atoms with van der Waals surface area (Å²) in [7, 11) is 0. The predicted molar refractivity (Wildman–Crippen MR) is 106 cm³/mol. The molecule has 1 unspecified atom stereocenters. The van der Waals surface area contributed by atoms with Crippen molar-refractivity contribution in [2.45, 2.75) is 25.9 Å². The predicted octanol–water partition coefficient (Wildman–Crippen LogP) is 6.23. The summed E-state index contributed by atoms with van der Waals surface area (Å²) in [6.45, 7) is 1.50. The van der Waals surface area contributed by atoms with Gasteiger partial charge in [0, 0.05) is 27.3 Å². The average Bonchev–Trinajstić information content (AvgIpc) is 3.27. The fourth-order valence-corrected chi connectivity index (χ4v) is 4.81. The number of hydrogen-bond donors (Lipinski definition) is 0. The van der Waals surface area contributed by atoms with Crippen LogP contribution >= 0.6 is 11.3 Å². The molecule has 0 fully saturated rings. The minimum Gasteiger partial charge on any atom is -0.294 e. The Morgan fingerprint density at radius 1 is 1.10 bits per heavy atom. The average molecular weight is 414 g/mol. The highest BCUT2D eigenvalue weighted by Gasteiger charge is 2.34. The maximum atomic E-state index is 13.1. The zero-order chi connectivity index (χ0) is 20.8. The molecule has 0 saturated heterocycles. The zero-order valence-corrected chi connectivity index (χ0v) is 16.4. The Morgan fingerprint density at radius 3 is 2.52 bits per heavy atom. The standard InChI is InChI=1S/C23H17F3O2S/c1-13(27)16-10-18(29-12-16)9-15-11-21-19(6-3-7-20(21)22(15)28)14-4-2-5-17(8-14)23(24,25)26/h2-8,10,12,15H,9,11H2,1H3. The molecule has 0 radical (unpaired) electrons. The van der Waals surface area contributed by atoms with E-state index in [2.05, 4.69) is 0 Å². The normalized spacial score (nSPS) is 16.1. The molecule has 0 bridgehead atoms. The Balaban J connectivity index is 1.65. The molecule has 6 heteroatoms. The maximum absolute atomic E-state index is 13.1. The van der Waals surface area contributed by atoms with Crippen molar-refractivity contribution in [3.63, 3.8) is 0 Å². The second-order valence-electron chi connectivity index (χ2n) is 7.24. The van der Waals surface area contributed by atoms with Crippen LogP contribution < -0.4 is 0 Å². The number of alkyl halides is 3. The van der Waals surface area contributed by atoms with Gasteiger partial charge in [0.05, 0.1) is 5.56 Å². The molecule has 148 valence electrons. The summed E-state index contributed by atoms with van der Waals surface area (Å²) >= 11 is 1.45. The molecule has 1 aliphatic rings. The Labute approximate surface area is 170 Å². The lowest BCUT2D eigenvalue weighted by molar-refractivity contribution is -0.137. The highest BCUT2D eigenvalue weighted by atomic mass is 32.1. The van der Waals surface area contributed by atoms with Crippen molar-refractivity contribution in [1.29, 1.82) is 0 Å². The largest absolute Gasteiger partial charge is 0.416 e. The van der Waals surface area contributed by atoms with Crippen molar-refractivity contribution in [1.82, 2.24) is 0 Å². The molecular formula is C23H17F3O2S.